The molecule has 2 aromatic carbocycles. The number of hydrogen-bond donors (Lipinski definition) is 1. The van der Waals surface area contributed by atoms with Crippen LogP contribution in [0.2, 0.25) is 0 Å². The third-order valence-electron chi connectivity index (χ3n) is 3.88. The standard InChI is InChI=1S/C22H24O5/c1-4-26-27-21-12-9-18(14-22(21)25-3)8-11-20(24)10-7-17-6-5-16(2)19(13-17)15-23/h5-14,23H,4,15H2,1-3H3. The van der Waals surface area contributed by atoms with E-state index in [0.717, 1.165) is 22.3 Å². The van der Waals surface area contributed by atoms with E-state index >= 15 is 0 Å². The van der Waals surface area contributed by atoms with Gasteiger partial charge < -0.3 is 14.7 Å². The van der Waals surface area contributed by atoms with Crippen LogP contribution in [0.1, 0.15) is 29.2 Å². The molecular weight excluding hydrogens is 344 g/mol. The van der Waals surface area contributed by atoms with Crippen molar-refractivity contribution < 1.29 is 24.4 Å². The molecule has 0 unspecified atom stereocenters. The van der Waals surface area contributed by atoms with Crippen LogP contribution in [0.15, 0.2) is 48.6 Å². The Morgan fingerprint density at radius 3 is 2.33 bits per heavy atom. The summed E-state index contributed by atoms with van der Waals surface area (Å²) in [7, 11) is 1.54. The topological polar surface area (TPSA) is 65.0 Å². The van der Waals surface area contributed by atoms with E-state index < -0.39 is 0 Å². The maximum atomic E-state index is 12.1. The third kappa shape index (κ3) is 6.09. The molecule has 0 spiro atoms. The molecule has 1 N–H and O–H groups in total. The van der Waals surface area contributed by atoms with Gasteiger partial charge in [0, 0.05) is 0 Å². The van der Waals surface area contributed by atoms with Crippen molar-refractivity contribution in [2.24, 2.45) is 0 Å². The lowest BCUT2D eigenvalue weighted by Gasteiger charge is -2.08. The first-order valence-electron chi connectivity index (χ1n) is 8.65. The van der Waals surface area contributed by atoms with Crippen molar-refractivity contribution in [3.63, 3.8) is 0 Å². The van der Waals surface area contributed by atoms with E-state index in [-0.39, 0.29) is 12.4 Å². The Labute approximate surface area is 159 Å². The molecule has 0 amide bonds. The minimum Gasteiger partial charge on any atom is -0.493 e. The summed E-state index contributed by atoms with van der Waals surface area (Å²) >= 11 is 0. The van der Waals surface area contributed by atoms with Crippen molar-refractivity contribution in [3.05, 3.63) is 70.8 Å². The molecule has 5 heteroatoms. The number of rotatable bonds is 9. The number of aliphatic hydroxyl groups is 1. The molecule has 0 saturated carbocycles. The summed E-state index contributed by atoms with van der Waals surface area (Å²) in [6, 6.07) is 11.0. The minimum absolute atomic E-state index is 0.0216. The number of ether oxygens (including phenoxy) is 1. The van der Waals surface area contributed by atoms with Crippen LogP contribution in [0, 0.1) is 6.92 Å². The molecule has 2 aromatic rings. The van der Waals surface area contributed by atoms with Crippen molar-refractivity contribution in [2.45, 2.75) is 20.5 Å². The Kier molecular flexibility index (Phi) is 7.79. The molecule has 5 nitrogen and oxygen atoms in total. The van der Waals surface area contributed by atoms with E-state index in [9.17, 15) is 9.90 Å². The molecule has 0 heterocycles. The fourth-order valence-electron chi connectivity index (χ4n) is 2.36. The highest BCUT2D eigenvalue weighted by Gasteiger charge is 2.06. The zero-order chi connectivity index (χ0) is 19.6. The maximum absolute atomic E-state index is 12.1. The van der Waals surface area contributed by atoms with E-state index in [2.05, 4.69) is 0 Å². The van der Waals surface area contributed by atoms with Gasteiger partial charge in [0.05, 0.1) is 20.3 Å². The van der Waals surface area contributed by atoms with Gasteiger partial charge in [-0.1, -0.05) is 30.4 Å². The van der Waals surface area contributed by atoms with Gasteiger partial charge in [-0.3, -0.25) is 4.79 Å². The van der Waals surface area contributed by atoms with E-state index in [1.54, 1.807) is 30.4 Å². The number of carbonyl (C=O) groups excluding carboxylic acids is 1. The highest BCUT2D eigenvalue weighted by molar-refractivity contribution is 6.04. The maximum Gasteiger partial charge on any atom is 0.207 e. The Bertz CT molecular complexity index is 837. The number of ketones is 1. The van der Waals surface area contributed by atoms with Gasteiger partial charge in [-0.2, -0.15) is 4.89 Å². The van der Waals surface area contributed by atoms with E-state index in [1.807, 2.05) is 32.0 Å². The third-order valence-corrected chi connectivity index (χ3v) is 3.88. The van der Waals surface area contributed by atoms with Gasteiger partial charge in [0.15, 0.2) is 11.5 Å². The van der Waals surface area contributed by atoms with Gasteiger partial charge in [-0.25, -0.2) is 0 Å². The Balaban J connectivity index is 2.05. The van der Waals surface area contributed by atoms with Crippen molar-refractivity contribution in [1.29, 1.82) is 0 Å². The SMILES string of the molecule is CCOOc1ccc(C=CC(=O)C=Cc2ccc(C)c(CO)c2)cc1OC. The van der Waals surface area contributed by atoms with Gasteiger partial charge in [-0.15, -0.1) is 0 Å². The van der Waals surface area contributed by atoms with E-state index in [4.69, 9.17) is 14.5 Å². The number of aliphatic hydroxyl groups excluding tert-OH is 1. The Hall–Kier alpha value is -2.89. The van der Waals surface area contributed by atoms with Crippen LogP contribution in [0.5, 0.6) is 11.5 Å². The quantitative estimate of drug-likeness (QED) is 0.410. The number of methoxy groups -OCH3 is 1. The number of benzene rings is 2. The predicted octanol–water partition coefficient (Wildman–Crippen LogP) is 4.12. The molecule has 0 aliphatic carbocycles. The largest absolute Gasteiger partial charge is 0.493 e. The second-order valence-corrected chi connectivity index (χ2v) is 5.81. The summed E-state index contributed by atoms with van der Waals surface area (Å²) in [6.07, 6.45) is 6.40. The molecule has 0 aromatic heterocycles. The summed E-state index contributed by atoms with van der Waals surface area (Å²) in [4.78, 5) is 22.1. The average Bonchev–Trinajstić information content (AvgIpc) is 2.70. The van der Waals surface area contributed by atoms with Crippen molar-refractivity contribution in [2.75, 3.05) is 13.7 Å². The molecule has 0 aliphatic heterocycles. The van der Waals surface area contributed by atoms with Crippen molar-refractivity contribution >= 4 is 17.9 Å². The molecule has 0 saturated heterocycles. The number of hydrogen-bond acceptors (Lipinski definition) is 5. The second kappa shape index (κ2) is 10.3. The molecular formula is C22H24O5. The Morgan fingerprint density at radius 2 is 1.70 bits per heavy atom. The first-order chi connectivity index (χ1) is 13.1. The number of allylic oxidation sites excluding steroid dienone is 2. The molecule has 27 heavy (non-hydrogen) atoms. The van der Waals surface area contributed by atoms with Crippen LogP contribution in [0.4, 0.5) is 0 Å². The molecule has 142 valence electrons. The lowest BCUT2D eigenvalue weighted by atomic mass is 10.0. The molecule has 2 rings (SSSR count). The van der Waals surface area contributed by atoms with Crippen LogP contribution in [0.3, 0.4) is 0 Å². The van der Waals surface area contributed by atoms with Gasteiger partial charge >= 0.3 is 0 Å². The van der Waals surface area contributed by atoms with Crippen LogP contribution < -0.4 is 9.62 Å². The number of carbonyl (C=O) groups is 1. The van der Waals surface area contributed by atoms with Crippen LogP contribution in [0.25, 0.3) is 12.2 Å². The fourth-order valence-corrected chi connectivity index (χ4v) is 2.36. The van der Waals surface area contributed by atoms with Crippen LogP contribution in [-0.4, -0.2) is 24.6 Å². The zero-order valence-electron chi connectivity index (χ0n) is 15.8. The monoisotopic (exact) mass is 368 g/mol. The first kappa shape index (κ1) is 20.4. The van der Waals surface area contributed by atoms with E-state index in [0.29, 0.717) is 18.1 Å². The first-order valence-corrected chi connectivity index (χ1v) is 8.65. The summed E-state index contributed by atoms with van der Waals surface area (Å²) in [6.45, 7) is 4.16. The minimum atomic E-state index is -0.144. The van der Waals surface area contributed by atoms with Crippen LogP contribution in [-0.2, 0) is 16.3 Å². The summed E-state index contributed by atoms with van der Waals surface area (Å²) in [5, 5.41) is 9.31. The lowest BCUT2D eigenvalue weighted by molar-refractivity contribution is -0.203. The Morgan fingerprint density at radius 1 is 1.04 bits per heavy atom. The van der Waals surface area contributed by atoms with Crippen molar-refractivity contribution in [3.8, 4) is 11.5 Å². The van der Waals surface area contributed by atoms with E-state index in [1.165, 1.54) is 19.3 Å². The van der Waals surface area contributed by atoms with Crippen molar-refractivity contribution in [1.82, 2.24) is 0 Å². The lowest BCUT2D eigenvalue weighted by Crippen LogP contribution is -1.98. The predicted molar refractivity (Wildman–Crippen MR) is 105 cm³/mol. The number of aryl methyl sites for hydroxylation is 1. The summed E-state index contributed by atoms with van der Waals surface area (Å²) in [5.74, 6) is 0.848. The van der Waals surface area contributed by atoms with Gasteiger partial charge in [0.25, 0.3) is 0 Å². The summed E-state index contributed by atoms with van der Waals surface area (Å²) in [5.41, 5.74) is 3.54. The van der Waals surface area contributed by atoms with Gasteiger partial charge in [-0.05, 0) is 66.5 Å². The molecule has 0 bridgehead atoms. The summed E-state index contributed by atoms with van der Waals surface area (Å²) < 4.78 is 5.27. The normalized spacial score (nSPS) is 11.3. The molecule has 0 atom stereocenters. The zero-order valence-corrected chi connectivity index (χ0v) is 15.8. The molecule has 0 aliphatic rings. The smallest absolute Gasteiger partial charge is 0.207 e. The fraction of sp³-hybridized carbons (Fsp3) is 0.227. The van der Waals surface area contributed by atoms with Gasteiger partial charge in [0.2, 0.25) is 5.75 Å². The molecule has 0 fully saturated rings. The second-order valence-electron chi connectivity index (χ2n) is 5.81. The van der Waals surface area contributed by atoms with Gasteiger partial charge in [0.1, 0.15) is 0 Å². The molecule has 0 radical (unpaired) electrons. The highest BCUT2D eigenvalue weighted by Crippen LogP contribution is 2.28. The highest BCUT2D eigenvalue weighted by atomic mass is 17.2. The van der Waals surface area contributed by atoms with Crippen LogP contribution >= 0.6 is 0 Å². The average molecular weight is 368 g/mol.